The summed E-state index contributed by atoms with van der Waals surface area (Å²) in [5.41, 5.74) is 1.65. The van der Waals surface area contributed by atoms with E-state index in [-0.39, 0.29) is 11.9 Å². The number of aliphatic carboxylic acids is 1. The highest BCUT2D eigenvalue weighted by atomic mass is 19.1. The van der Waals surface area contributed by atoms with E-state index in [1.54, 1.807) is 13.2 Å². The lowest BCUT2D eigenvalue weighted by molar-refractivity contribution is -0.145. The molecular weight excluding hydrogens is 321 g/mol. The minimum atomic E-state index is -0.830. The summed E-state index contributed by atoms with van der Waals surface area (Å²) in [7, 11) is 1.59. The SMILES string of the molecule is COc1cccc(C(c2cccc(F)c2)N2CCCCC2C(=O)O)c1. The fourth-order valence-electron chi connectivity index (χ4n) is 3.59. The number of hydrogen-bond acceptors (Lipinski definition) is 3. The molecule has 0 radical (unpaired) electrons. The van der Waals surface area contributed by atoms with E-state index in [2.05, 4.69) is 0 Å². The van der Waals surface area contributed by atoms with Crippen molar-refractivity contribution < 1.29 is 19.0 Å². The van der Waals surface area contributed by atoms with Gasteiger partial charge in [0.15, 0.2) is 0 Å². The first-order valence-electron chi connectivity index (χ1n) is 8.48. The normalized spacial score (nSPS) is 19.4. The van der Waals surface area contributed by atoms with Gasteiger partial charge in [0, 0.05) is 0 Å². The first-order valence-corrected chi connectivity index (χ1v) is 8.48. The van der Waals surface area contributed by atoms with Gasteiger partial charge < -0.3 is 9.84 Å². The summed E-state index contributed by atoms with van der Waals surface area (Å²) < 4.78 is 19.2. The lowest BCUT2D eigenvalue weighted by atomic mass is 9.91. The number of carboxylic acid groups (broad SMARTS) is 1. The monoisotopic (exact) mass is 343 g/mol. The maximum atomic E-state index is 13.9. The standard InChI is InChI=1S/C20H22FNO3/c1-25-17-9-5-7-15(13-17)19(14-6-4-8-16(21)12-14)22-11-3-2-10-18(22)20(23)24/h4-9,12-13,18-19H,2-3,10-11H2,1H3,(H,23,24). The molecule has 5 heteroatoms. The molecule has 0 spiro atoms. The summed E-state index contributed by atoms with van der Waals surface area (Å²) in [5, 5.41) is 9.67. The fraction of sp³-hybridized carbons (Fsp3) is 0.350. The Balaban J connectivity index is 2.09. The Morgan fingerprint density at radius 2 is 1.92 bits per heavy atom. The second-order valence-corrected chi connectivity index (χ2v) is 6.32. The highest BCUT2D eigenvalue weighted by Gasteiger charge is 2.35. The Kier molecular flexibility index (Phi) is 5.34. The Morgan fingerprint density at radius 3 is 2.60 bits per heavy atom. The number of likely N-dealkylation sites (tertiary alicyclic amines) is 1. The van der Waals surface area contributed by atoms with E-state index in [0.29, 0.717) is 18.7 Å². The van der Waals surface area contributed by atoms with Crippen molar-refractivity contribution >= 4 is 5.97 Å². The minimum absolute atomic E-state index is 0.325. The molecule has 0 bridgehead atoms. The predicted molar refractivity (Wildman–Crippen MR) is 93.2 cm³/mol. The molecule has 132 valence electrons. The molecule has 1 fully saturated rings. The first-order chi connectivity index (χ1) is 12.1. The molecular formula is C20H22FNO3. The Morgan fingerprint density at radius 1 is 1.20 bits per heavy atom. The molecule has 0 saturated carbocycles. The number of hydrogen-bond donors (Lipinski definition) is 1. The van der Waals surface area contributed by atoms with Crippen molar-refractivity contribution in [2.75, 3.05) is 13.7 Å². The van der Waals surface area contributed by atoms with Crippen LogP contribution >= 0.6 is 0 Å². The van der Waals surface area contributed by atoms with Gasteiger partial charge in [0.2, 0.25) is 0 Å². The quantitative estimate of drug-likeness (QED) is 0.895. The van der Waals surface area contributed by atoms with Crippen molar-refractivity contribution in [3.8, 4) is 5.75 Å². The Hall–Kier alpha value is -2.40. The molecule has 0 aromatic heterocycles. The van der Waals surface area contributed by atoms with Crippen molar-refractivity contribution in [2.24, 2.45) is 0 Å². The summed E-state index contributed by atoms with van der Waals surface area (Å²) in [4.78, 5) is 13.7. The fourth-order valence-corrected chi connectivity index (χ4v) is 3.59. The van der Waals surface area contributed by atoms with Gasteiger partial charge in [-0.2, -0.15) is 0 Å². The minimum Gasteiger partial charge on any atom is -0.497 e. The summed E-state index contributed by atoms with van der Waals surface area (Å²) >= 11 is 0. The number of carbonyl (C=O) groups is 1. The van der Waals surface area contributed by atoms with E-state index < -0.39 is 12.0 Å². The number of halogens is 1. The van der Waals surface area contributed by atoms with E-state index in [9.17, 15) is 14.3 Å². The third-order valence-electron chi connectivity index (χ3n) is 4.73. The van der Waals surface area contributed by atoms with Crippen LogP contribution < -0.4 is 4.74 Å². The predicted octanol–water partition coefficient (Wildman–Crippen LogP) is 3.86. The van der Waals surface area contributed by atoms with Gasteiger partial charge in [-0.1, -0.05) is 30.7 Å². The molecule has 1 heterocycles. The van der Waals surface area contributed by atoms with Gasteiger partial charge in [-0.05, 0) is 54.8 Å². The van der Waals surface area contributed by atoms with Crippen LogP contribution in [0.4, 0.5) is 4.39 Å². The first kappa shape index (κ1) is 17.4. The third-order valence-corrected chi connectivity index (χ3v) is 4.73. The average Bonchev–Trinajstić information content (AvgIpc) is 2.62. The second kappa shape index (κ2) is 7.66. The molecule has 1 saturated heterocycles. The molecule has 3 rings (SSSR count). The number of carboxylic acids is 1. The maximum Gasteiger partial charge on any atom is 0.320 e. The van der Waals surface area contributed by atoms with Crippen LogP contribution in [0.1, 0.15) is 36.4 Å². The molecule has 1 aliphatic heterocycles. The molecule has 2 aromatic carbocycles. The van der Waals surface area contributed by atoms with Gasteiger partial charge >= 0.3 is 5.97 Å². The number of nitrogens with zero attached hydrogens (tertiary/aromatic N) is 1. The van der Waals surface area contributed by atoms with Gasteiger partial charge in [0.1, 0.15) is 17.6 Å². The Labute approximate surface area is 146 Å². The van der Waals surface area contributed by atoms with Gasteiger partial charge in [0.25, 0.3) is 0 Å². The van der Waals surface area contributed by atoms with Crippen LogP contribution in [0.5, 0.6) is 5.75 Å². The highest BCUT2D eigenvalue weighted by molar-refractivity contribution is 5.73. The van der Waals surface area contributed by atoms with E-state index in [1.165, 1.54) is 12.1 Å². The van der Waals surface area contributed by atoms with Crippen molar-refractivity contribution in [3.63, 3.8) is 0 Å². The van der Waals surface area contributed by atoms with Gasteiger partial charge in [-0.15, -0.1) is 0 Å². The zero-order valence-corrected chi connectivity index (χ0v) is 14.2. The third kappa shape index (κ3) is 3.82. The summed E-state index contributed by atoms with van der Waals surface area (Å²) in [6.07, 6.45) is 2.42. The van der Waals surface area contributed by atoms with Crippen LogP contribution in [0.3, 0.4) is 0 Å². The van der Waals surface area contributed by atoms with Crippen molar-refractivity contribution in [1.82, 2.24) is 4.90 Å². The smallest absolute Gasteiger partial charge is 0.320 e. The number of benzene rings is 2. The number of ether oxygens (including phenoxy) is 1. The van der Waals surface area contributed by atoms with Crippen LogP contribution in [0.25, 0.3) is 0 Å². The zero-order valence-electron chi connectivity index (χ0n) is 14.2. The van der Waals surface area contributed by atoms with Crippen LogP contribution in [0.15, 0.2) is 48.5 Å². The molecule has 25 heavy (non-hydrogen) atoms. The highest BCUT2D eigenvalue weighted by Crippen LogP contribution is 2.35. The molecule has 0 amide bonds. The molecule has 2 atom stereocenters. The molecule has 2 aromatic rings. The largest absolute Gasteiger partial charge is 0.497 e. The van der Waals surface area contributed by atoms with E-state index in [4.69, 9.17) is 4.74 Å². The molecule has 0 aliphatic carbocycles. The van der Waals surface area contributed by atoms with Crippen LogP contribution in [0.2, 0.25) is 0 Å². The van der Waals surface area contributed by atoms with Crippen LogP contribution in [-0.4, -0.2) is 35.7 Å². The van der Waals surface area contributed by atoms with Crippen molar-refractivity contribution in [1.29, 1.82) is 0 Å². The van der Waals surface area contributed by atoms with E-state index in [0.717, 1.165) is 24.0 Å². The maximum absolute atomic E-state index is 13.9. The van der Waals surface area contributed by atoms with Crippen LogP contribution in [0, 0.1) is 5.82 Å². The summed E-state index contributed by atoms with van der Waals surface area (Å²) in [6, 6.07) is 13.0. The van der Waals surface area contributed by atoms with Crippen LogP contribution in [-0.2, 0) is 4.79 Å². The lowest BCUT2D eigenvalue weighted by Gasteiger charge is -2.39. The number of methoxy groups -OCH3 is 1. The molecule has 1 N–H and O–H groups in total. The van der Waals surface area contributed by atoms with Gasteiger partial charge in [-0.25, -0.2) is 4.39 Å². The van der Waals surface area contributed by atoms with Gasteiger partial charge in [-0.3, -0.25) is 9.69 Å². The van der Waals surface area contributed by atoms with E-state index >= 15 is 0 Å². The number of piperidine rings is 1. The summed E-state index contributed by atoms with van der Waals surface area (Å²) in [6.45, 7) is 0.662. The van der Waals surface area contributed by atoms with Gasteiger partial charge in [0.05, 0.1) is 13.2 Å². The topological polar surface area (TPSA) is 49.8 Å². The lowest BCUT2D eigenvalue weighted by Crippen LogP contribution is -2.46. The number of rotatable bonds is 5. The Bertz CT molecular complexity index is 749. The molecule has 4 nitrogen and oxygen atoms in total. The second-order valence-electron chi connectivity index (χ2n) is 6.32. The zero-order chi connectivity index (χ0) is 17.8. The van der Waals surface area contributed by atoms with Crippen molar-refractivity contribution in [2.45, 2.75) is 31.3 Å². The average molecular weight is 343 g/mol. The van der Waals surface area contributed by atoms with E-state index in [1.807, 2.05) is 35.2 Å². The molecule has 1 aliphatic rings. The van der Waals surface area contributed by atoms with Crippen molar-refractivity contribution in [3.05, 3.63) is 65.5 Å². The molecule has 2 unspecified atom stereocenters. The summed E-state index contributed by atoms with van der Waals surface area (Å²) in [5.74, 6) is -0.457.